The van der Waals surface area contributed by atoms with Crippen molar-refractivity contribution in [3.8, 4) is 5.75 Å². The monoisotopic (exact) mass is 265 g/mol. The summed E-state index contributed by atoms with van der Waals surface area (Å²) in [6.45, 7) is 7.77. The number of carbonyl (C=O) groups excluding carboxylic acids is 1. The van der Waals surface area contributed by atoms with Crippen molar-refractivity contribution in [2.45, 2.75) is 46.4 Å². The van der Waals surface area contributed by atoms with E-state index in [4.69, 9.17) is 4.74 Å². The summed E-state index contributed by atoms with van der Waals surface area (Å²) < 4.78 is 5.11. The van der Waals surface area contributed by atoms with Gasteiger partial charge in [0.25, 0.3) is 5.91 Å². The maximum Gasteiger partial charge on any atom is 0.254 e. The fourth-order valence-corrected chi connectivity index (χ4v) is 2.24. The zero-order valence-electron chi connectivity index (χ0n) is 12.3. The van der Waals surface area contributed by atoms with Crippen molar-refractivity contribution in [3.05, 3.63) is 29.3 Å². The van der Waals surface area contributed by atoms with Crippen LogP contribution in [0.2, 0.25) is 0 Å². The van der Waals surface area contributed by atoms with Crippen LogP contribution in [0.5, 0.6) is 5.75 Å². The van der Waals surface area contributed by atoms with Crippen LogP contribution in [-0.4, -0.2) is 35.1 Å². The van der Waals surface area contributed by atoms with E-state index in [2.05, 4.69) is 0 Å². The van der Waals surface area contributed by atoms with Gasteiger partial charge in [0.1, 0.15) is 5.75 Å². The van der Waals surface area contributed by atoms with Crippen molar-refractivity contribution in [2.24, 2.45) is 0 Å². The number of aliphatic hydroxyl groups excluding tert-OH is 1. The van der Waals surface area contributed by atoms with E-state index in [1.165, 1.54) is 0 Å². The molecule has 1 aromatic rings. The molecule has 4 nitrogen and oxygen atoms in total. The molecule has 0 atom stereocenters. The second kappa shape index (κ2) is 6.57. The van der Waals surface area contributed by atoms with Crippen LogP contribution in [0.1, 0.15) is 43.6 Å². The van der Waals surface area contributed by atoms with Crippen molar-refractivity contribution >= 4 is 5.91 Å². The Labute approximate surface area is 115 Å². The average molecular weight is 265 g/mol. The first-order valence-corrected chi connectivity index (χ1v) is 6.52. The van der Waals surface area contributed by atoms with Gasteiger partial charge in [-0.1, -0.05) is 0 Å². The smallest absolute Gasteiger partial charge is 0.254 e. The summed E-state index contributed by atoms with van der Waals surface area (Å²) in [5.41, 5.74) is 1.13. The van der Waals surface area contributed by atoms with Crippen LogP contribution in [0.15, 0.2) is 18.2 Å². The number of methoxy groups -OCH3 is 1. The van der Waals surface area contributed by atoms with Gasteiger partial charge in [-0.05, 0) is 51.5 Å². The molecule has 0 spiro atoms. The predicted molar refractivity (Wildman–Crippen MR) is 75.4 cm³/mol. The van der Waals surface area contributed by atoms with Gasteiger partial charge in [-0.3, -0.25) is 4.79 Å². The lowest BCUT2D eigenvalue weighted by atomic mass is 10.0. The fraction of sp³-hybridized carbons (Fsp3) is 0.533. The summed E-state index contributed by atoms with van der Waals surface area (Å²) >= 11 is 0. The molecule has 0 aliphatic rings. The van der Waals surface area contributed by atoms with E-state index < -0.39 is 0 Å². The van der Waals surface area contributed by atoms with E-state index in [1.807, 2.05) is 27.7 Å². The standard InChI is InChI=1S/C15H23NO3/c1-10(2)16(11(3)4)15(18)14-7-6-13(19-5)8-12(14)9-17/h6-8,10-11,17H,9H2,1-5H3. The van der Waals surface area contributed by atoms with Crippen LogP contribution >= 0.6 is 0 Å². The topological polar surface area (TPSA) is 49.8 Å². The van der Waals surface area contributed by atoms with Crippen LogP contribution in [0.4, 0.5) is 0 Å². The van der Waals surface area contributed by atoms with Crippen molar-refractivity contribution < 1.29 is 14.6 Å². The number of carbonyl (C=O) groups is 1. The van der Waals surface area contributed by atoms with Gasteiger partial charge in [0.15, 0.2) is 0 Å². The van der Waals surface area contributed by atoms with Gasteiger partial charge < -0.3 is 14.7 Å². The zero-order valence-corrected chi connectivity index (χ0v) is 12.3. The largest absolute Gasteiger partial charge is 0.497 e. The second-order valence-corrected chi connectivity index (χ2v) is 5.08. The number of benzene rings is 1. The second-order valence-electron chi connectivity index (χ2n) is 5.08. The summed E-state index contributed by atoms with van der Waals surface area (Å²) in [7, 11) is 1.56. The van der Waals surface area contributed by atoms with E-state index in [-0.39, 0.29) is 24.6 Å². The summed E-state index contributed by atoms with van der Waals surface area (Å²) in [5, 5.41) is 9.42. The molecular weight excluding hydrogens is 242 g/mol. The van der Waals surface area contributed by atoms with Gasteiger partial charge in [-0.2, -0.15) is 0 Å². The average Bonchev–Trinajstić information content (AvgIpc) is 2.36. The molecule has 0 aliphatic carbocycles. The maximum absolute atomic E-state index is 12.6. The van der Waals surface area contributed by atoms with Crippen molar-refractivity contribution in [1.29, 1.82) is 0 Å². The third kappa shape index (κ3) is 3.47. The molecule has 1 N–H and O–H groups in total. The number of amides is 1. The van der Waals surface area contributed by atoms with Crippen molar-refractivity contribution in [1.82, 2.24) is 4.90 Å². The summed E-state index contributed by atoms with van der Waals surface area (Å²) in [6, 6.07) is 5.38. The highest BCUT2D eigenvalue weighted by Crippen LogP contribution is 2.21. The van der Waals surface area contributed by atoms with Gasteiger partial charge in [-0.25, -0.2) is 0 Å². The first-order valence-electron chi connectivity index (χ1n) is 6.52. The molecule has 0 aromatic heterocycles. The lowest BCUT2D eigenvalue weighted by molar-refractivity contribution is 0.0640. The number of nitrogens with zero attached hydrogens (tertiary/aromatic N) is 1. The summed E-state index contributed by atoms with van der Waals surface area (Å²) in [5.74, 6) is 0.581. The molecular formula is C15H23NO3. The van der Waals surface area contributed by atoms with Gasteiger partial charge in [0.05, 0.1) is 13.7 Å². The van der Waals surface area contributed by atoms with E-state index in [1.54, 1.807) is 30.2 Å². The molecule has 0 heterocycles. The molecule has 0 bridgehead atoms. The van der Waals surface area contributed by atoms with E-state index in [0.29, 0.717) is 16.9 Å². The molecule has 0 saturated carbocycles. The molecule has 0 fully saturated rings. The van der Waals surface area contributed by atoms with Gasteiger partial charge in [0.2, 0.25) is 0 Å². The van der Waals surface area contributed by atoms with Crippen LogP contribution < -0.4 is 4.74 Å². The Bertz CT molecular complexity index is 433. The summed E-state index contributed by atoms with van der Waals surface area (Å²) in [4.78, 5) is 14.4. The van der Waals surface area contributed by atoms with E-state index in [9.17, 15) is 9.90 Å². The lowest BCUT2D eigenvalue weighted by Gasteiger charge is -2.31. The van der Waals surface area contributed by atoms with Crippen LogP contribution in [0.3, 0.4) is 0 Å². The number of hydrogen-bond acceptors (Lipinski definition) is 3. The Morgan fingerprint density at radius 3 is 2.26 bits per heavy atom. The highest BCUT2D eigenvalue weighted by Gasteiger charge is 2.23. The van der Waals surface area contributed by atoms with Gasteiger partial charge in [-0.15, -0.1) is 0 Å². The normalized spacial score (nSPS) is 10.9. The minimum absolute atomic E-state index is 0.0586. The molecule has 1 rings (SSSR count). The quantitative estimate of drug-likeness (QED) is 0.889. The molecule has 0 unspecified atom stereocenters. The highest BCUT2D eigenvalue weighted by atomic mass is 16.5. The van der Waals surface area contributed by atoms with Gasteiger partial charge >= 0.3 is 0 Å². The Hall–Kier alpha value is -1.55. The zero-order chi connectivity index (χ0) is 14.6. The van der Waals surface area contributed by atoms with Crippen LogP contribution in [0, 0.1) is 0 Å². The maximum atomic E-state index is 12.6. The molecule has 1 amide bonds. The van der Waals surface area contributed by atoms with Crippen LogP contribution in [0.25, 0.3) is 0 Å². The third-order valence-electron chi connectivity index (χ3n) is 3.06. The Balaban J connectivity index is 3.17. The summed E-state index contributed by atoms with van der Waals surface area (Å²) in [6.07, 6.45) is 0. The number of ether oxygens (including phenoxy) is 1. The molecule has 1 aromatic carbocycles. The molecule has 0 saturated heterocycles. The van der Waals surface area contributed by atoms with E-state index >= 15 is 0 Å². The lowest BCUT2D eigenvalue weighted by Crippen LogP contribution is -2.42. The van der Waals surface area contributed by atoms with Gasteiger partial charge in [0, 0.05) is 17.6 Å². The first kappa shape index (κ1) is 15.5. The third-order valence-corrected chi connectivity index (χ3v) is 3.06. The Morgan fingerprint density at radius 1 is 1.26 bits per heavy atom. The molecule has 0 aliphatic heterocycles. The molecule has 19 heavy (non-hydrogen) atoms. The number of hydrogen-bond donors (Lipinski definition) is 1. The van der Waals surface area contributed by atoms with Crippen molar-refractivity contribution in [2.75, 3.05) is 7.11 Å². The number of rotatable bonds is 5. The SMILES string of the molecule is COc1ccc(C(=O)N(C(C)C)C(C)C)c(CO)c1. The minimum atomic E-state index is -0.178. The highest BCUT2D eigenvalue weighted by molar-refractivity contribution is 5.96. The fourth-order valence-electron chi connectivity index (χ4n) is 2.24. The van der Waals surface area contributed by atoms with Crippen LogP contribution in [-0.2, 0) is 6.61 Å². The molecule has 4 heteroatoms. The molecule has 0 radical (unpaired) electrons. The van der Waals surface area contributed by atoms with Crippen molar-refractivity contribution in [3.63, 3.8) is 0 Å². The predicted octanol–water partition coefficient (Wildman–Crippen LogP) is 2.45. The Morgan fingerprint density at radius 2 is 1.84 bits per heavy atom. The first-order chi connectivity index (χ1) is 8.92. The minimum Gasteiger partial charge on any atom is -0.497 e. The molecule has 106 valence electrons. The number of aliphatic hydroxyl groups is 1. The Kier molecular flexibility index (Phi) is 5.36. The van der Waals surface area contributed by atoms with E-state index in [0.717, 1.165) is 0 Å².